The lowest BCUT2D eigenvalue weighted by atomic mass is 10.0. The molecule has 0 spiro atoms. The van der Waals surface area contributed by atoms with Gasteiger partial charge < -0.3 is 10.4 Å². The number of aryl methyl sites for hydroxylation is 4. The molecule has 0 aliphatic heterocycles. The van der Waals surface area contributed by atoms with Crippen molar-refractivity contribution in [3.05, 3.63) is 76.7 Å². The van der Waals surface area contributed by atoms with Crippen LogP contribution in [0, 0.1) is 27.7 Å². The number of benzene rings is 2. The van der Waals surface area contributed by atoms with Gasteiger partial charge in [0.1, 0.15) is 11.4 Å². The van der Waals surface area contributed by atoms with Crippen LogP contribution in [-0.2, 0) is 10.0 Å². The first-order valence-corrected chi connectivity index (χ1v) is 12.1. The van der Waals surface area contributed by atoms with Gasteiger partial charge in [-0.1, -0.05) is 6.07 Å². The minimum Gasteiger partial charge on any atom is -0.507 e. The van der Waals surface area contributed by atoms with Gasteiger partial charge in [0.15, 0.2) is 0 Å². The van der Waals surface area contributed by atoms with Crippen molar-refractivity contribution < 1.29 is 18.3 Å². The zero-order valence-corrected chi connectivity index (χ0v) is 20.4. The van der Waals surface area contributed by atoms with Crippen LogP contribution in [0.15, 0.2) is 53.4 Å². The minimum atomic E-state index is -3.91. The number of aromatic nitrogens is 4. The lowest BCUT2D eigenvalue weighted by Gasteiger charge is -2.09. The van der Waals surface area contributed by atoms with Crippen LogP contribution in [0.5, 0.6) is 5.75 Å². The molecule has 1 amide bonds. The maximum absolute atomic E-state index is 12.7. The van der Waals surface area contributed by atoms with E-state index in [1.165, 1.54) is 24.3 Å². The number of rotatable bonds is 6. The van der Waals surface area contributed by atoms with Crippen molar-refractivity contribution in [3.63, 3.8) is 0 Å². The van der Waals surface area contributed by atoms with Crippen LogP contribution >= 0.6 is 0 Å². The molecule has 0 fully saturated rings. The number of hydrogen-bond acceptors (Lipinski definition) is 7. The summed E-state index contributed by atoms with van der Waals surface area (Å²) in [6.07, 6.45) is 0. The molecular weight excluding hydrogens is 468 g/mol. The van der Waals surface area contributed by atoms with Gasteiger partial charge in [0.25, 0.3) is 15.9 Å². The van der Waals surface area contributed by atoms with Gasteiger partial charge in [0.05, 0.1) is 10.6 Å². The summed E-state index contributed by atoms with van der Waals surface area (Å²) in [6, 6.07) is 12.5. The van der Waals surface area contributed by atoms with Crippen molar-refractivity contribution in [2.24, 2.45) is 0 Å². The van der Waals surface area contributed by atoms with Gasteiger partial charge in [-0.15, -0.1) is 0 Å². The van der Waals surface area contributed by atoms with Crippen molar-refractivity contribution >= 4 is 27.6 Å². The Morgan fingerprint density at radius 1 is 0.943 bits per heavy atom. The summed E-state index contributed by atoms with van der Waals surface area (Å²) in [7, 11) is -3.91. The molecule has 4 rings (SSSR count). The standard InChI is InChI=1S/C24H24N6O4S/c1-13-9-14(2)22(21(31)10-13)19-12-20(29-28-19)23(32)27-17-5-7-18(8-6-17)35(33,34)30-24-25-15(3)11-16(4)26-24/h5-12,31H,1-4H3,(H,27,32)(H,28,29)(H,25,26,30). The predicted molar refractivity (Wildman–Crippen MR) is 132 cm³/mol. The van der Waals surface area contributed by atoms with E-state index in [4.69, 9.17) is 0 Å². The molecule has 0 aliphatic carbocycles. The summed E-state index contributed by atoms with van der Waals surface area (Å²) < 4.78 is 27.7. The highest BCUT2D eigenvalue weighted by Crippen LogP contribution is 2.32. The van der Waals surface area contributed by atoms with Gasteiger partial charge in [-0.2, -0.15) is 5.10 Å². The monoisotopic (exact) mass is 492 g/mol. The number of H-pyrrole nitrogens is 1. The molecule has 35 heavy (non-hydrogen) atoms. The summed E-state index contributed by atoms with van der Waals surface area (Å²) in [6.45, 7) is 7.23. The second-order valence-electron chi connectivity index (χ2n) is 8.20. The Balaban J connectivity index is 1.48. The fourth-order valence-electron chi connectivity index (χ4n) is 3.71. The Morgan fingerprint density at radius 2 is 1.60 bits per heavy atom. The molecule has 0 saturated heterocycles. The van der Waals surface area contributed by atoms with Crippen molar-refractivity contribution in [1.82, 2.24) is 20.2 Å². The zero-order valence-electron chi connectivity index (χ0n) is 19.5. The number of carbonyl (C=O) groups excluding carboxylic acids is 1. The van der Waals surface area contributed by atoms with E-state index in [-0.39, 0.29) is 22.3 Å². The first kappa shape index (κ1) is 23.9. The van der Waals surface area contributed by atoms with E-state index in [1.807, 2.05) is 19.9 Å². The fourth-order valence-corrected chi connectivity index (χ4v) is 4.65. The van der Waals surface area contributed by atoms with E-state index in [0.717, 1.165) is 11.1 Å². The molecule has 0 atom stereocenters. The fraction of sp³-hybridized carbons (Fsp3) is 0.167. The highest BCUT2D eigenvalue weighted by molar-refractivity contribution is 7.92. The molecular formula is C24H24N6O4S. The molecule has 4 aromatic rings. The van der Waals surface area contributed by atoms with Crippen LogP contribution in [0.4, 0.5) is 11.6 Å². The van der Waals surface area contributed by atoms with Gasteiger partial charge in [-0.3, -0.25) is 9.89 Å². The lowest BCUT2D eigenvalue weighted by Crippen LogP contribution is -2.16. The molecule has 0 aliphatic rings. The van der Waals surface area contributed by atoms with Gasteiger partial charge >= 0.3 is 0 Å². The van der Waals surface area contributed by atoms with Crippen molar-refractivity contribution in [1.29, 1.82) is 0 Å². The van der Waals surface area contributed by atoms with E-state index in [1.54, 1.807) is 32.0 Å². The summed E-state index contributed by atoms with van der Waals surface area (Å²) in [5, 5.41) is 19.8. The van der Waals surface area contributed by atoms with E-state index < -0.39 is 15.9 Å². The summed E-state index contributed by atoms with van der Waals surface area (Å²) >= 11 is 0. The number of phenols is 1. The summed E-state index contributed by atoms with van der Waals surface area (Å²) in [5.41, 5.74) is 4.59. The smallest absolute Gasteiger partial charge is 0.273 e. The quantitative estimate of drug-likeness (QED) is 0.319. The first-order valence-electron chi connectivity index (χ1n) is 10.6. The topological polar surface area (TPSA) is 150 Å². The van der Waals surface area contributed by atoms with E-state index in [2.05, 4.69) is 30.2 Å². The molecule has 4 N–H and O–H groups in total. The third-order valence-corrected chi connectivity index (χ3v) is 6.51. The number of anilines is 2. The van der Waals surface area contributed by atoms with Gasteiger partial charge in [0.2, 0.25) is 5.95 Å². The van der Waals surface area contributed by atoms with Gasteiger partial charge in [0, 0.05) is 22.6 Å². The zero-order chi connectivity index (χ0) is 25.3. The minimum absolute atomic E-state index is 0.00703. The number of nitrogens with zero attached hydrogens (tertiary/aromatic N) is 3. The highest BCUT2D eigenvalue weighted by Gasteiger charge is 2.18. The van der Waals surface area contributed by atoms with Crippen LogP contribution in [0.2, 0.25) is 0 Å². The van der Waals surface area contributed by atoms with Crippen LogP contribution in [0.1, 0.15) is 33.0 Å². The largest absolute Gasteiger partial charge is 0.507 e. The van der Waals surface area contributed by atoms with Crippen LogP contribution in [-0.4, -0.2) is 39.6 Å². The Morgan fingerprint density at radius 3 is 2.23 bits per heavy atom. The number of carbonyl (C=O) groups is 1. The third-order valence-electron chi connectivity index (χ3n) is 5.17. The second kappa shape index (κ2) is 9.18. The highest BCUT2D eigenvalue weighted by atomic mass is 32.2. The maximum Gasteiger partial charge on any atom is 0.273 e. The Kier molecular flexibility index (Phi) is 6.27. The first-order chi connectivity index (χ1) is 16.5. The van der Waals surface area contributed by atoms with Crippen LogP contribution < -0.4 is 10.0 Å². The number of aromatic amines is 1. The molecule has 11 heteroatoms. The lowest BCUT2D eigenvalue weighted by molar-refractivity contribution is 0.102. The number of aromatic hydroxyl groups is 1. The van der Waals surface area contributed by atoms with E-state index in [0.29, 0.717) is 28.3 Å². The summed E-state index contributed by atoms with van der Waals surface area (Å²) in [5.74, 6) is -0.396. The van der Waals surface area contributed by atoms with Crippen molar-refractivity contribution in [2.45, 2.75) is 32.6 Å². The number of nitrogens with one attached hydrogen (secondary N) is 3. The predicted octanol–water partition coefficient (Wildman–Crippen LogP) is 3.86. The summed E-state index contributed by atoms with van der Waals surface area (Å²) in [4.78, 5) is 20.9. The molecule has 0 bridgehead atoms. The van der Waals surface area contributed by atoms with Crippen molar-refractivity contribution in [3.8, 4) is 17.0 Å². The van der Waals surface area contributed by atoms with Crippen molar-refractivity contribution in [2.75, 3.05) is 10.0 Å². The SMILES string of the molecule is Cc1cc(C)c(-c2cc(C(=O)Nc3ccc(S(=O)(=O)Nc4nc(C)cc(C)n4)cc3)[nH]n2)c(O)c1. The Labute approximate surface area is 202 Å². The third kappa shape index (κ3) is 5.30. The van der Waals surface area contributed by atoms with Crippen LogP contribution in [0.3, 0.4) is 0 Å². The molecule has 2 aromatic carbocycles. The molecule has 0 radical (unpaired) electrons. The molecule has 0 saturated carbocycles. The molecule has 2 aromatic heterocycles. The number of sulfonamides is 1. The molecule has 2 heterocycles. The molecule has 10 nitrogen and oxygen atoms in total. The Hall–Kier alpha value is -4.25. The van der Waals surface area contributed by atoms with Crippen LogP contribution in [0.25, 0.3) is 11.3 Å². The molecule has 0 unspecified atom stereocenters. The Bertz CT molecular complexity index is 1480. The maximum atomic E-state index is 12.7. The average Bonchev–Trinajstić information content (AvgIpc) is 3.22. The molecule has 180 valence electrons. The van der Waals surface area contributed by atoms with E-state index in [9.17, 15) is 18.3 Å². The number of amides is 1. The van der Waals surface area contributed by atoms with E-state index >= 15 is 0 Å². The average molecular weight is 493 g/mol. The number of hydrogen-bond donors (Lipinski definition) is 4. The van der Waals surface area contributed by atoms with Gasteiger partial charge in [-0.25, -0.2) is 23.1 Å². The number of phenolic OH excluding ortho intramolecular Hbond substituents is 1. The normalized spacial score (nSPS) is 11.3. The second-order valence-corrected chi connectivity index (χ2v) is 9.88. The van der Waals surface area contributed by atoms with Gasteiger partial charge in [-0.05, 0) is 81.3 Å².